The topological polar surface area (TPSA) is 32.3 Å². The molecule has 0 saturated heterocycles. The zero-order chi connectivity index (χ0) is 5.70. The van der Waals surface area contributed by atoms with E-state index in [1.165, 1.54) is 0 Å². The second-order valence-corrected chi connectivity index (χ2v) is 1.43. The first-order valence-electron chi connectivity index (χ1n) is 2.11. The summed E-state index contributed by atoms with van der Waals surface area (Å²) in [7, 11) is 0. The Kier molecular flexibility index (Phi) is 12.5. The molecule has 0 aliphatic carbocycles. The normalized spacial score (nSPS) is 7.12. The molecule has 2 nitrogen and oxygen atoms in total. The van der Waals surface area contributed by atoms with Crippen LogP contribution in [-0.4, -0.2) is 11.8 Å². The zero-order valence-corrected chi connectivity index (χ0v) is 9.08. The summed E-state index contributed by atoms with van der Waals surface area (Å²) in [6.07, 6.45) is 0.836. The van der Waals surface area contributed by atoms with Gasteiger partial charge in [0.1, 0.15) is 5.24 Å². The van der Waals surface area contributed by atoms with E-state index < -0.39 is 5.24 Å². The molecule has 0 bridgehead atoms. The summed E-state index contributed by atoms with van der Waals surface area (Å²) >= 11 is 4.08. The molecule has 0 aromatic rings. The van der Waals surface area contributed by atoms with E-state index in [0.717, 1.165) is 6.42 Å². The van der Waals surface area contributed by atoms with Crippen molar-refractivity contribution < 1.29 is 61.2 Å². The molecule has 0 aliphatic heterocycles. The fraction of sp³-hybridized carbons (Fsp3) is 0.750. The fourth-order valence-corrected chi connectivity index (χ4v) is 0.269. The van der Waals surface area contributed by atoms with Gasteiger partial charge in [-0.1, -0.05) is 19.1 Å². The van der Waals surface area contributed by atoms with E-state index in [-0.39, 0.29) is 51.4 Å². The molecule has 0 radical (unpaired) electrons. The van der Waals surface area contributed by atoms with Crippen molar-refractivity contribution in [1.82, 2.24) is 0 Å². The zero-order valence-electron chi connectivity index (χ0n) is 5.14. The van der Waals surface area contributed by atoms with Gasteiger partial charge in [0.2, 0.25) is 0 Å². The van der Waals surface area contributed by atoms with Crippen molar-refractivity contribution in [2.75, 3.05) is 6.61 Å². The molecule has 42 valence electrons. The van der Waals surface area contributed by atoms with Gasteiger partial charge in [-0.2, -0.15) is 0 Å². The SMILES string of the molecule is CCCOC([O-])=S.[K+]. The van der Waals surface area contributed by atoms with Crippen molar-refractivity contribution in [2.24, 2.45) is 0 Å². The number of hydrogen-bond donors (Lipinski definition) is 0. The van der Waals surface area contributed by atoms with Gasteiger partial charge in [-0.15, -0.1) is 0 Å². The third kappa shape index (κ3) is 10.3. The molecule has 0 rings (SSSR count). The van der Waals surface area contributed by atoms with Crippen LogP contribution < -0.4 is 56.5 Å². The van der Waals surface area contributed by atoms with Gasteiger partial charge >= 0.3 is 51.4 Å². The van der Waals surface area contributed by atoms with Gasteiger partial charge in [0.15, 0.2) is 0 Å². The molecular formula is C4H7KO2S. The average molecular weight is 158 g/mol. The third-order valence-corrected chi connectivity index (χ3v) is 0.542. The smallest absolute Gasteiger partial charge is 0.606 e. The Hall–Kier alpha value is 1.33. The first-order chi connectivity index (χ1) is 3.27. The Bertz CT molecular complexity index is 67.1. The largest absolute Gasteiger partial charge is 1.00 e. The van der Waals surface area contributed by atoms with Gasteiger partial charge in [-0.25, -0.2) is 0 Å². The number of ether oxygens (including phenoxy) is 1. The minimum Gasteiger partial charge on any atom is -0.606 e. The summed E-state index contributed by atoms with van der Waals surface area (Å²) in [4.78, 5) is 0. The molecule has 0 aromatic heterocycles. The monoisotopic (exact) mass is 158 g/mol. The summed E-state index contributed by atoms with van der Waals surface area (Å²) in [5, 5.41) is 9.19. The molecule has 0 aromatic carbocycles. The maximum absolute atomic E-state index is 9.80. The number of rotatable bonds is 2. The summed E-state index contributed by atoms with van der Waals surface area (Å²) < 4.78 is 4.37. The van der Waals surface area contributed by atoms with Crippen molar-refractivity contribution in [1.29, 1.82) is 0 Å². The van der Waals surface area contributed by atoms with Crippen LogP contribution in [0.25, 0.3) is 0 Å². The van der Waals surface area contributed by atoms with Crippen LogP contribution in [0.15, 0.2) is 0 Å². The third-order valence-electron chi connectivity index (χ3n) is 0.424. The van der Waals surface area contributed by atoms with Crippen LogP contribution in [0.2, 0.25) is 0 Å². The van der Waals surface area contributed by atoms with Crippen molar-refractivity contribution in [3.63, 3.8) is 0 Å². The molecule has 0 unspecified atom stereocenters. The van der Waals surface area contributed by atoms with Crippen molar-refractivity contribution in [3.05, 3.63) is 0 Å². The fourth-order valence-electron chi connectivity index (χ4n) is 0.185. The Labute approximate surface area is 97.0 Å². The second kappa shape index (κ2) is 8.33. The van der Waals surface area contributed by atoms with E-state index in [4.69, 9.17) is 0 Å². The van der Waals surface area contributed by atoms with Crippen LogP contribution >= 0.6 is 12.2 Å². The van der Waals surface area contributed by atoms with E-state index in [9.17, 15) is 5.11 Å². The molecule has 0 aliphatic rings. The summed E-state index contributed by atoms with van der Waals surface area (Å²) in [5.41, 5.74) is 0. The van der Waals surface area contributed by atoms with Crippen molar-refractivity contribution in [2.45, 2.75) is 13.3 Å². The van der Waals surface area contributed by atoms with E-state index in [0.29, 0.717) is 6.61 Å². The van der Waals surface area contributed by atoms with Crippen LogP contribution in [-0.2, 0) is 4.74 Å². The Morgan fingerprint density at radius 2 is 2.25 bits per heavy atom. The van der Waals surface area contributed by atoms with E-state index >= 15 is 0 Å². The van der Waals surface area contributed by atoms with Gasteiger partial charge in [0.25, 0.3) is 0 Å². The van der Waals surface area contributed by atoms with Crippen LogP contribution in [0.3, 0.4) is 0 Å². The van der Waals surface area contributed by atoms with Crippen molar-refractivity contribution in [3.8, 4) is 0 Å². The van der Waals surface area contributed by atoms with Gasteiger partial charge in [0.05, 0.1) is 0 Å². The Balaban J connectivity index is 0. The quantitative estimate of drug-likeness (QED) is 0.318. The minimum absolute atomic E-state index is 0. The predicted molar refractivity (Wildman–Crippen MR) is 28.8 cm³/mol. The van der Waals surface area contributed by atoms with E-state index in [1.54, 1.807) is 0 Å². The predicted octanol–water partition coefficient (Wildman–Crippen LogP) is -2.94. The molecule has 0 fully saturated rings. The summed E-state index contributed by atoms with van der Waals surface area (Å²) in [6.45, 7) is 2.36. The Morgan fingerprint density at radius 3 is 2.38 bits per heavy atom. The molecule has 0 heterocycles. The van der Waals surface area contributed by atoms with Crippen LogP contribution in [0.1, 0.15) is 13.3 Å². The van der Waals surface area contributed by atoms with Gasteiger partial charge in [-0.3, -0.25) is 0 Å². The molecule has 8 heavy (non-hydrogen) atoms. The molecule has 0 amide bonds. The molecular weight excluding hydrogens is 151 g/mol. The second-order valence-electron chi connectivity index (χ2n) is 1.10. The maximum atomic E-state index is 9.80. The van der Waals surface area contributed by atoms with Gasteiger partial charge in [0, 0.05) is 0 Å². The molecule has 0 N–H and O–H groups in total. The van der Waals surface area contributed by atoms with Crippen LogP contribution in [0, 0.1) is 0 Å². The number of hydrogen-bond acceptors (Lipinski definition) is 3. The summed E-state index contributed by atoms with van der Waals surface area (Å²) in [6, 6.07) is 0. The average Bonchev–Trinajstić information content (AvgIpc) is 1.61. The summed E-state index contributed by atoms with van der Waals surface area (Å²) in [5.74, 6) is 0. The van der Waals surface area contributed by atoms with Crippen LogP contribution in [0.4, 0.5) is 0 Å². The van der Waals surface area contributed by atoms with Gasteiger partial charge in [-0.05, 0) is 13.0 Å². The standard InChI is InChI=1S/C4H8O2S.K/c1-2-3-6-4(5)7;/h2-3H2,1H3,(H,5,7);/q;+1/p-1. The first-order valence-corrected chi connectivity index (χ1v) is 2.52. The maximum Gasteiger partial charge on any atom is 1.00 e. The van der Waals surface area contributed by atoms with Crippen LogP contribution in [0.5, 0.6) is 0 Å². The van der Waals surface area contributed by atoms with E-state index in [2.05, 4.69) is 17.0 Å². The number of thiocarbonyl (C=S) groups is 1. The molecule has 0 saturated carbocycles. The molecule has 4 heteroatoms. The van der Waals surface area contributed by atoms with E-state index in [1.807, 2.05) is 6.92 Å². The Morgan fingerprint density at radius 1 is 1.75 bits per heavy atom. The molecule has 0 atom stereocenters. The van der Waals surface area contributed by atoms with Crippen molar-refractivity contribution >= 4 is 17.5 Å². The molecule has 0 spiro atoms. The minimum atomic E-state index is -0.609. The van der Waals surface area contributed by atoms with Gasteiger partial charge < -0.3 is 9.84 Å². The first kappa shape index (κ1) is 12.0.